The molecule has 0 radical (unpaired) electrons. The van der Waals surface area contributed by atoms with E-state index in [4.69, 9.17) is 0 Å². The summed E-state index contributed by atoms with van der Waals surface area (Å²) in [7, 11) is -4.94. The van der Waals surface area contributed by atoms with Gasteiger partial charge in [-0.05, 0) is 22.0 Å². The third kappa shape index (κ3) is 2.26. The number of halogens is 2. The average Bonchev–Trinajstić information content (AvgIpc) is 2.02. The van der Waals surface area contributed by atoms with Gasteiger partial charge >= 0.3 is 10.2 Å². The van der Waals surface area contributed by atoms with Gasteiger partial charge in [0.1, 0.15) is 4.90 Å². The van der Waals surface area contributed by atoms with Crippen molar-refractivity contribution in [3.05, 3.63) is 32.8 Å². The second-order valence-corrected chi connectivity index (χ2v) is 4.48. The van der Waals surface area contributed by atoms with E-state index in [1.165, 1.54) is 0 Å². The van der Waals surface area contributed by atoms with E-state index in [-0.39, 0.29) is 4.47 Å². The minimum atomic E-state index is -4.94. The van der Waals surface area contributed by atoms with Crippen LogP contribution in [0.5, 0.6) is 0 Å². The monoisotopic (exact) mass is 283 g/mol. The lowest BCUT2D eigenvalue weighted by molar-refractivity contribution is -0.385. The van der Waals surface area contributed by atoms with Gasteiger partial charge in [-0.15, -0.1) is 3.89 Å². The summed E-state index contributed by atoms with van der Waals surface area (Å²) in [4.78, 5) is 8.72. The lowest BCUT2D eigenvalue weighted by Crippen LogP contribution is -1.96. The Hall–Kier alpha value is -1.02. The second kappa shape index (κ2) is 3.62. The topological polar surface area (TPSA) is 77.3 Å². The van der Waals surface area contributed by atoms with Crippen LogP contribution in [0, 0.1) is 10.1 Å². The predicted octanol–water partition coefficient (Wildman–Crippen LogP) is 2.02. The maximum atomic E-state index is 12.5. The molecule has 5 nitrogen and oxygen atoms in total. The van der Waals surface area contributed by atoms with Gasteiger partial charge in [-0.25, -0.2) is 0 Å². The van der Waals surface area contributed by atoms with Crippen molar-refractivity contribution in [2.45, 2.75) is 4.90 Å². The van der Waals surface area contributed by atoms with Crippen LogP contribution in [0.1, 0.15) is 0 Å². The summed E-state index contributed by atoms with van der Waals surface area (Å²) in [5, 5.41) is 10.3. The third-order valence-electron chi connectivity index (χ3n) is 1.39. The molecule has 0 saturated heterocycles. The van der Waals surface area contributed by atoms with Crippen LogP contribution in [0.4, 0.5) is 9.57 Å². The lowest BCUT2D eigenvalue weighted by Gasteiger charge is -1.98. The molecule has 0 aliphatic rings. The van der Waals surface area contributed by atoms with Crippen LogP contribution in [-0.4, -0.2) is 13.3 Å². The number of nitrogens with zero attached hydrogens (tertiary/aromatic N) is 1. The Morgan fingerprint density at radius 3 is 2.43 bits per heavy atom. The highest BCUT2D eigenvalue weighted by molar-refractivity contribution is 9.10. The molecule has 0 unspecified atom stereocenters. The molecule has 14 heavy (non-hydrogen) atoms. The Morgan fingerprint density at radius 1 is 1.43 bits per heavy atom. The van der Waals surface area contributed by atoms with Crippen LogP contribution in [0.25, 0.3) is 0 Å². The molecule has 0 aliphatic heterocycles. The second-order valence-electron chi connectivity index (χ2n) is 2.31. The van der Waals surface area contributed by atoms with Gasteiger partial charge in [0, 0.05) is 16.6 Å². The first-order chi connectivity index (χ1) is 6.32. The van der Waals surface area contributed by atoms with Gasteiger partial charge in [-0.1, -0.05) is 0 Å². The molecule has 0 spiro atoms. The van der Waals surface area contributed by atoms with Gasteiger partial charge in [-0.3, -0.25) is 10.1 Å². The number of hydrogen-bond acceptors (Lipinski definition) is 4. The molecule has 0 saturated carbocycles. The molecule has 1 rings (SSSR count). The highest BCUT2D eigenvalue weighted by Crippen LogP contribution is 2.27. The fourth-order valence-corrected chi connectivity index (χ4v) is 2.18. The van der Waals surface area contributed by atoms with E-state index in [1.807, 2.05) is 0 Å². The molecule has 76 valence electrons. The quantitative estimate of drug-likeness (QED) is 0.473. The normalized spacial score (nSPS) is 11.3. The fourth-order valence-electron chi connectivity index (χ4n) is 0.792. The Labute approximate surface area is 87.0 Å². The minimum absolute atomic E-state index is 0.0504. The summed E-state index contributed by atoms with van der Waals surface area (Å²) < 4.78 is 33.5. The molecule has 0 N–H and O–H groups in total. The van der Waals surface area contributed by atoms with Crippen molar-refractivity contribution in [1.29, 1.82) is 0 Å². The molecular weight excluding hydrogens is 281 g/mol. The zero-order chi connectivity index (χ0) is 10.9. The fraction of sp³-hybridized carbons (Fsp3) is 0. The highest BCUT2D eigenvalue weighted by atomic mass is 79.9. The number of rotatable bonds is 2. The van der Waals surface area contributed by atoms with Crippen molar-refractivity contribution in [2.75, 3.05) is 0 Å². The van der Waals surface area contributed by atoms with E-state index in [1.54, 1.807) is 0 Å². The first-order valence-electron chi connectivity index (χ1n) is 3.21. The maximum absolute atomic E-state index is 12.5. The van der Waals surface area contributed by atoms with Gasteiger partial charge in [0.15, 0.2) is 0 Å². The molecule has 0 aliphatic carbocycles. The van der Waals surface area contributed by atoms with Crippen molar-refractivity contribution in [3.63, 3.8) is 0 Å². The average molecular weight is 284 g/mol. The number of hydrogen-bond donors (Lipinski definition) is 0. The smallest absolute Gasteiger partial charge is 0.258 e. The Morgan fingerprint density at radius 2 is 2.00 bits per heavy atom. The summed E-state index contributed by atoms with van der Waals surface area (Å²) in [6.07, 6.45) is 0. The molecule has 0 amide bonds. The van der Waals surface area contributed by atoms with Gasteiger partial charge in [0.2, 0.25) is 0 Å². The highest BCUT2D eigenvalue weighted by Gasteiger charge is 2.20. The predicted molar refractivity (Wildman–Crippen MR) is 49.1 cm³/mol. The molecule has 0 atom stereocenters. The third-order valence-corrected chi connectivity index (χ3v) is 3.21. The van der Waals surface area contributed by atoms with Gasteiger partial charge < -0.3 is 0 Å². The first kappa shape index (κ1) is 11.1. The lowest BCUT2D eigenvalue weighted by atomic mass is 10.3. The van der Waals surface area contributed by atoms with E-state index >= 15 is 0 Å². The number of nitro groups is 1. The first-order valence-corrected chi connectivity index (χ1v) is 5.38. The van der Waals surface area contributed by atoms with Crippen molar-refractivity contribution in [1.82, 2.24) is 0 Å². The summed E-state index contributed by atoms with van der Waals surface area (Å²) in [6.45, 7) is 0. The zero-order valence-electron chi connectivity index (χ0n) is 6.48. The molecule has 1 aromatic carbocycles. The molecule has 1 aromatic rings. The van der Waals surface area contributed by atoms with E-state index in [9.17, 15) is 22.4 Å². The standard InChI is InChI=1S/C6H3BrFNO4S/c7-5-2-1-4(9(10)11)3-6(5)14(8,12)13/h1-3H. The van der Waals surface area contributed by atoms with Crippen molar-refractivity contribution in [3.8, 4) is 0 Å². The van der Waals surface area contributed by atoms with E-state index in [0.29, 0.717) is 6.07 Å². The van der Waals surface area contributed by atoms with Crippen LogP contribution < -0.4 is 0 Å². The SMILES string of the molecule is O=[N+]([O-])c1ccc(Br)c(S(=O)(=O)F)c1. The Kier molecular flexibility index (Phi) is 2.86. The Balaban J connectivity index is 3.44. The molecular formula is C6H3BrFNO4S. The van der Waals surface area contributed by atoms with E-state index < -0.39 is 25.7 Å². The number of nitro benzene ring substituents is 1. The van der Waals surface area contributed by atoms with Crippen molar-refractivity contribution in [2.24, 2.45) is 0 Å². The van der Waals surface area contributed by atoms with Crippen LogP contribution >= 0.6 is 15.9 Å². The number of non-ortho nitro benzene ring substituents is 1. The summed E-state index contributed by atoms with van der Waals surface area (Å²) >= 11 is 2.77. The largest absolute Gasteiger partial charge is 0.333 e. The van der Waals surface area contributed by atoms with Crippen molar-refractivity contribution < 1.29 is 17.2 Å². The summed E-state index contributed by atoms with van der Waals surface area (Å²) in [5.74, 6) is 0. The van der Waals surface area contributed by atoms with Crippen LogP contribution in [0.2, 0.25) is 0 Å². The molecule has 0 heterocycles. The maximum Gasteiger partial charge on any atom is 0.333 e. The zero-order valence-corrected chi connectivity index (χ0v) is 8.88. The molecule has 8 heteroatoms. The van der Waals surface area contributed by atoms with E-state index in [2.05, 4.69) is 15.9 Å². The van der Waals surface area contributed by atoms with Gasteiger partial charge in [0.25, 0.3) is 5.69 Å². The number of benzene rings is 1. The molecule has 0 bridgehead atoms. The summed E-state index contributed by atoms with van der Waals surface area (Å²) in [6, 6.07) is 2.82. The van der Waals surface area contributed by atoms with Gasteiger partial charge in [0.05, 0.1) is 4.92 Å². The molecule has 0 aromatic heterocycles. The molecule has 0 fully saturated rings. The van der Waals surface area contributed by atoms with E-state index in [0.717, 1.165) is 12.1 Å². The Bertz CT molecular complexity index is 487. The van der Waals surface area contributed by atoms with Crippen LogP contribution in [0.15, 0.2) is 27.6 Å². The summed E-state index contributed by atoms with van der Waals surface area (Å²) in [5.41, 5.74) is -0.482. The minimum Gasteiger partial charge on any atom is -0.258 e. The van der Waals surface area contributed by atoms with Crippen molar-refractivity contribution >= 4 is 31.8 Å². The van der Waals surface area contributed by atoms with Crippen LogP contribution in [-0.2, 0) is 10.2 Å². The van der Waals surface area contributed by atoms with Gasteiger partial charge in [-0.2, -0.15) is 8.42 Å². The van der Waals surface area contributed by atoms with Crippen LogP contribution in [0.3, 0.4) is 0 Å².